The number of H-pyrrole nitrogens is 1. The Balaban J connectivity index is 1.11. The van der Waals surface area contributed by atoms with Crippen LogP contribution in [0.4, 0.5) is 10.2 Å². The number of rotatable bonds is 2. The number of phosphoric ester groups is 1. The van der Waals surface area contributed by atoms with E-state index < -0.39 is 81.5 Å². The quantitative estimate of drug-likeness (QED) is 0.144. The van der Waals surface area contributed by atoms with Crippen LogP contribution < -0.4 is 11.3 Å². The molecule has 0 aromatic carbocycles. The number of ether oxygens (including phenoxy) is 1. The molecule has 2 aliphatic heterocycles. The third-order valence-corrected chi connectivity index (χ3v) is 11.7. The van der Waals surface area contributed by atoms with Crippen LogP contribution in [-0.4, -0.2) is 92.8 Å². The molecule has 0 spiro atoms. The maximum absolute atomic E-state index is 16.0. The molecule has 6 heterocycles. The lowest BCUT2D eigenvalue weighted by atomic mass is 9.53. The highest BCUT2D eigenvalue weighted by Crippen LogP contribution is 2.64. The minimum Gasteiger partial charge on any atom is -0.388 e. The molecule has 9 rings (SSSR count). The van der Waals surface area contributed by atoms with E-state index in [4.69, 9.17) is 28.6 Å². The predicted molar refractivity (Wildman–Crippen MR) is 155 cm³/mol. The summed E-state index contributed by atoms with van der Waals surface area (Å²) >= 11 is 4.13. The Morgan fingerprint density at radius 3 is 2.57 bits per heavy atom. The van der Waals surface area contributed by atoms with Crippen LogP contribution in [0.25, 0.3) is 22.3 Å². The number of aromatic amines is 1. The van der Waals surface area contributed by atoms with Crippen LogP contribution in [0.3, 0.4) is 0 Å². The highest BCUT2D eigenvalue weighted by atomic mass is 32.7. The third kappa shape index (κ3) is 4.84. The summed E-state index contributed by atoms with van der Waals surface area (Å²) in [7, 11) is -4.96. The molecule has 0 radical (unpaired) electrons. The Morgan fingerprint density at radius 2 is 1.74 bits per heavy atom. The average Bonchev–Trinajstić information content (AvgIpc) is 3.69. The van der Waals surface area contributed by atoms with Gasteiger partial charge in [-0.05, 0) is 24.2 Å². The molecule has 4 aromatic rings. The zero-order chi connectivity index (χ0) is 32.1. The number of anilines is 1. The molecule has 4 aromatic heterocycles. The van der Waals surface area contributed by atoms with Gasteiger partial charge in [0.05, 0.1) is 44.3 Å². The van der Waals surface area contributed by atoms with Gasteiger partial charge in [-0.3, -0.25) is 27.5 Å². The number of fused-ring (bicyclic) bond motifs is 4. The van der Waals surface area contributed by atoms with Gasteiger partial charge in [0.1, 0.15) is 30.2 Å². The lowest BCUT2D eigenvalue weighted by Crippen LogP contribution is -2.62. The van der Waals surface area contributed by atoms with Crippen LogP contribution in [0.5, 0.6) is 0 Å². The molecule has 5 aliphatic rings. The summed E-state index contributed by atoms with van der Waals surface area (Å²) < 4.78 is 73.6. The fraction of sp³-hybridized carbons (Fsp3) is 0.565. The maximum Gasteiger partial charge on any atom is 0.472 e. The van der Waals surface area contributed by atoms with Gasteiger partial charge in [-0.15, -0.1) is 0 Å². The SMILES string of the molecule is Nc1ncnc2c1ncn2[C@H]1[C@H](O)[C@@H]2O[P@@](=O)(S)OC[C@H]3O[C@@H](n4cnc5c(=O)[nH]cnc54)[C@H](F)[C@@H]3OP(=O)(O)OC[C@@H]3[C@@H]2C[C@@H]31. The van der Waals surface area contributed by atoms with Crippen molar-refractivity contribution in [2.75, 3.05) is 18.9 Å². The number of hydrogen-bond acceptors (Lipinski definition) is 15. The summed E-state index contributed by atoms with van der Waals surface area (Å²) in [5.41, 5.74) is 5.90. The molecule has 246 valence electrons. The van der Waals surface area contributed by atoms with Gasteiger partial charge in [0.2, 0.25) is 0 Å². The van der Waals surface area contributed by atoms with Crippen LogP contribution >= 0.6 is 26.9 Å². The summed E-state index contributed by atoms with van der Waals surface area (Å²) in [6.07, 6.45) is -3.94. The molecule has 3 aliphatic carbocycles. The molecule has 5 N–H and O–H groups in total. The van der Waals surface area contributed by atoms with E-state index in [1.54, 1.807) is 4.57 Å². The molecular formula is C23H26FN9O10P2S. The second kappa shape index (κ2) is 10.8. The second-order valence-electron chi connectivity index (χ2n) is 11.5. The van der Waals surface area contributed by atoms with Crippen LogP contribution in [-0.2, 0) is 32.0 Å². The molecule has 4 bridgehead atoms. The number of aromatic nitrogens is 8. The summed E-state index contributed by atoms with van der Waals surface area (Å²) in [5, 5.41) is 11.6. The summed E-state index contributed by atoms with van der Waals surface area (Å²) in [6.45, 7) is -5.33. The third-order valence-electron chi connectivity index (χ3n) is 9.15. The first-order valence-corrected chi connectivity index (χ1v) is 18.2. The molecule has 1 unspecified atom stereocenters. The summed E-state index contributed by atoms with van der Waals surface area (Å²) in [6, 6.07) is -0.759. The number of nitrogens with zero attached hydrogens (tertiary/aromatic N) is 7. The van der Waals surface area contributed by atoms with E-state index in [1.165, 1.54) is 12.7 Å². The first kappa shape index (κ1) is 30.5. The first-order chi connectivity index (χ1) is 21.9. The van der Waals surface area contributed by atoms with Gasteiger partial charge < -0.3 is 30.0 Å². The molecule has 3 saturated carbocycles. The van der Waals surface area contributed by atoms with Crippen molar-refractivity contribution in [3.05, 3.63) is 35.7 Å². The number of alkyl halides is 1. The normalized spacial score (nSPS) is 41.3. The van der Waals surface area contributed by atoms with Gasteiger partial charge in [0.15, 0.2) is 35.0 Å². The van der Waals surface area contributed by atoms with E-state index >= 15 is 4.39 Å². The van der Waals surface area contributed by atoms with E-state index in [1.807, 2.05) is 0 Å². The number of phosphoric acid groups is 1. The van der Waals surface area contributed by atoms with Gasteiger partial charge in [-0.25, -0.2) is 38.4 Å². The van der Waals surface area contributed by atoms with Gasteiger partial charge in [-0.1, -0.05) is 12.2 Å². The largest absolute Gasteiger partial charge is 0.472 e. The van der Waals surface area contributed by atoms with Crippen molar-refractivity contribution < 1.29 is 46.4 Å². The Kier molecular flexibility index (Phi) is 7.19. The zero-order valence-corrected chi connectivity index (χ0v) is 26.0. The van der Waals surface area contributed by atoms with E-state index in [-0.39, 0.29) is 29.5 Å². The average molecular weight is 702 g/mol. The molecule has 5 fully saturated rings. The number of nitrogens with two attached hydrogens (primary N) is 1. The number of nitrogen functional groups attached to an aromatic ring is 1. The lowest BCUT2D eigenvalue weighted by Gasteiger charge is -2.58. The van der Waals surface area contributed by atoms with Crippen molar-refractivity contribution >= 4 is 55.0 Å². The number of nitrogens with one attached hydrogen (secondary N) is 1. The molecule has 2 saturated heterocycles. The Morgan fingerprint density at radius 1 is 0.978 bits per heavy atom. The van der Waals surface area contributed by atoms with E-state index in [2.05, 4.69) is 42.2 Å². The summed E-state index contributed by atoms with van der Waals surface area (Å²) in [5.74, 6) is -1.20. The van der Waals surface area contributed by atoms with E-state index in [0.29, 0.717) is 17.6 Å². The number of aliphatic hydroxyl groups is 1. The predicted octanol–water partition coefficient (Wildman–Crippen LogP) is 0.901. The van der Waals surface area contributed by atoms with Gasteiger partial charge in [-0.2, -0.15) is 0 Å². The highest BCUT2D eigenvalue weighted by Gasteiger charge is 2.61. The van der Waals surface area contributed by atoms with Crippen molar-refractivity contribution in [3.63, 3.8) is 0 Å². The van der Waals surface area contributed by atoms with Crippen LogP contribution in [0.2, 0.25) is 0 Å². The van der Waals surface area contributed by atoms with Gasteiger partial charge in [0.25, 0.3) is 5.56 Å². The fourth-order valence-electron chi connectivity index (χ4n) is 7.05. The van der Waals surface area contributed by atoms with Crippen molar-refractivity contribution in [3.8, 4) is 0 Å². The number of imidazole rings is 2. The highest BCUT2D eigenvalue weighted by molar-refractivity contribution is 8.44. The number of thiol groups is 1. The monoisotopic (exact) mass is 701 g/mol. The number of halogens is 1. The zero-order valence-electron chi connectivity index (χ0n) is 23.3. The van der Waals surface area contributed by atoms with Crippen LogP contribution in [0.15, 0.2) is 30.1 Å². The van der Waals surface area contributed by atoms with Crippen LogP contribution in [0.1, 0.15) is 18.7 Å². The van der Waals surface area contributed by atoms with Crippen molar-refractivity contribution in [1.82, 2.24) is 39.0 Å². The molecule has 46 heavy (non-hydrogen) atoms. The molecule has 12 atom stereocenters. The van der Waals surface area contributed by atoms with Gasteiger partial charge in [0, 0.05) is 0 Å². The lowest BCUT2D eigenvalue weighted by molar-refractivity contribution is -0.183. The number of hydrogen-bond donors (Lipinski definition) is 5. The molecule has 0 amide bonds. The standard InChI is InChI=1S/C23H26FN9O10P2S/c24-12-18-11(41-23(12)33-7-31-14-21(33)28-5-29-22(14)35)3-40-45(38,46)43-17-9-1-8(10(9)2-39-44(36,37)42-18)15(16(17)34)32-6-30-13-19(25)26-4-27-20(13)32/h4-12,15-18,23,34H,1-3H2,(H,36,37)(H,38,46)(H2,25,26,27)(H,28,29,35)/t8-,9-,10-,11+,12+,15+,16-,17+,18+,23+,45-/m0/s1. The smallest absolute Gasteiger partial charge is 0.388 e. The van der Waals surface area contributed by atoms with Gasteiger partial charge >= 0.3 is 14.6 Å². The fourth-order valence-corrected chi connectivity index (χ4v) is 9.54. The Labute approximate surface area is 261 Å². The number of aliphatic hydroxyl groups excluding tert-OH is 1. The minimum absolute atomic E-state index is 0.0202. The molecular weight excluding hydrogens is 675 g/mol. The Bertz CT molecular complexity index is 2000. The second-order valence-corrected chi connectivity index (χ2v) is 15.8. The minimum atomic E-state index is -4.96. The van der Waals surface area contributed by atoms with E-state index in [0.717, 1.165) is 17.2 Å². The summed E-state index contributed by atoms with van der Waals surface area (Å²) in [4.78, 5) is 45.7. The topological polar surface area (TPSA) is 254 Å². The maximum atomic E-state index is 16.0. The molecule has 23 heteroatoms. The van der Waals surface area contributed by atoms with Crippen LogP contribution in [0, 0.1) is 17.8 Å². The van der Waals surface area contributed by atoms with Crippen molar-refractivity contribution in [2.45, 2.75) is 49.3 Å². The van der Waals surface area contributed by atoms with Crippen molar-refractivity contribution in [1.29, 1.82) is 0 Å². The Hall–Kier alpha value is -2.84. The van der Waals surface area contributed by atoms with Crippen molar-refractivity contribution in [2.24, 2.45) is 17.8 Å². The first-order valence-electron chi connectivity index (χ1n) is 14.0. The molecule has 19 nitrogen and oxygen atoms in total. The van der Waals surface area contributed by atoms with E-state index in [9.17, 15) is 23.9 Å².